The van der Waals surface area contributed by atoms with Gasteiger partial charge in [-0.05, 0) is 83.6 Å². The topological polar surface area (TPSA) is 88.4 Å². The summed E-state index contributed by atoms with van der Waals surface area (Å²) in [4.78, 5) is 24.4. The zero-order valence-corrected chi connectivity index (χ0v) is 20.0. The van der Waals surface area contributed by atoms with Gasteiger partial charge in [0.1, 0.15) is 24.0 Å². The van der Waals surface area contributed by atoms with Gasteiger partial charge in [0, 0.05) is 14.8 Å². The first-order valence-electron chi connectivity index (χ1n) is 10.2. The lowest BCUT2D eigenvalue weighted by Gasteiger charge is -2.10. The van der Waals surface area contributed by atoms with Crippen LogP contribution in [0, 0.1) is 14.9 Å². The van der Waals surface area contributed by atoms with E-state index >= 15 is 0 Å². The monoisotopic (exact) mass is 552 g/mol. The van der Waals surface area contributed by atoms with E-state index in [0.717, 1.165) is 9.13 Å². The number of anilines is 1. The van der Waals surface area contributed by atoms with Gasteiger partial charge in [-0.15, -0.1) is 0 Å². The van der Waals surface area contributed by atoms with Crippen molar-refractivity contribution in [3.8, 4) is 11.8 Å². The second-order valence-electron chi connectivity index (χ2n) is 6.87. The van der Waals surface area contributed by atoms with Gasteiger partial charge in [-0.25, -0.2) is 4.79 Å². The number of halogens is 1. The number of hydrogen-bond acceptors (Lipinski definition) is 5. The standard InChI is InChI=1S/C26H21IN2O4/c1-2-32-26(31)19-9-13-23(14-10-19)29-25(30)21(16-28)15-20-5-3-4-6-24(20)33-17-18-7-11-22(27)12-8-18/h3-15H,2,17H2,1H3,(H,29,30)/b21-15+. The number of hydrogen-bond donors (Lipinski definition) is 1. The molecule has 3 rings (SSSR count). The summed E-state index contributed by atoms with van der Waals surface area (Å²) in [6, 6.07) is 23.4. The molecule has 7 heteroatoms. The zero-order valence-electron chi connectivity index (χ0n) is 17.9. The smallest absolute Gasteiger partial charge is 0.338 e. The summed E-state index contributed by atoms with van der Waals surface area (Å²) in [5.74, 6) is -0.431. The Labute approximate surface area is 206 Å². The average molecular weight is 552 g/mol. The van der Waals surface area contributed by atoms with E-state index in [4.69, 9.17) is 9.47 Å². The Hall–Kier alpha value is -3.64. The number of carbonyl (C=O) groups is 2. The molecule has 3 aromatic rings. The number of ether oxygens (including phenoxy) is 2. The highest BCUT2D eigenvalue weighted by Gasteiger charge is 2.12. The summed E-state index contributed by atoms with van der Waals surface area (Å²) in [6.45, 7) is 2.37. The van der Waals surface area contributed by atoms with Crippen LogP contribution in [-0.2, 0) is 16.1 Å². The molecule has 0 fully saturated rings. The van der Waals surface area contributed by atoms with Crippen molar-refractivity contribution in [2.75, 3.05) is 11.9 Å². The van der Waals surface area contributed by atoms with Crippen LogP contribution in [0.1, 0.15) is 28.4 Å². The minimum atomic E-state index is -0.561. The van der Waals surface area contributed by atoms with Crippen molar-refractivity contribution < 1.29 is 19.1 Å². The summed E-state index contributed by atoms with van der Waals surface area (Å²) in [5, 5.41) is 12.2. The molecular weight excluding hydrogens is 531 g/mol. The van der Waals surface area contributed by atoms with Crippen LogP contribution in [0.25, 0.3) is 6.08 Å². The zero-order chi connectivity index (χ0) is 23.6. The number of amides is 1. The maximum absolute atomic E-state index is 12.7. The van der Waals surface area contributed by atoms with Crippen molar-refractivity contribution in [1.29, 1.82) is 5.26 Å². The molecule has 0 radical (unpaired) electrons. The van der Waals surface area contributed by atoms with Crippen molar-refractivity contribution in [2.24, 2.45) is 0 Å². The molecule has 0 aromatic heterocycles. The van der Waals surface area contributed by atoms with Crippen molar-refractivity contribution >= 4 is 46.2 Å². The highest BCUT2D eigenvalue weighted by atomic mass is 127. The maximum atomic E-state index is 12.7. The number of para-hydroxylation sites is 1. The molecule has 1 amide bonds. The average Bonchev–Trinajstić information content (AvgIpc) is 2.83. The first kappa shape index (κ1) is 24.0. The van der Waals surface area contributed by atoms with Crippen LogP contribution >= 0.6 is 22.6 Å². The van der Waals surface area contributed by atoms with Gasteiger partial charge in [0.15, 0.2) is 0 Å². The second kappa shape index (κ2) is 11.8. The highest BCUT2D eigenvalue weighted by Crippen LogP contribution is 2.23. The first-order chi connectivity index (χ1) is 16.0. The van der Waals surface area contributed by atoms with Crippen LogP contribution in [0.2, 0.25) is 0 Å². The van der Waals surface area contributed by atoms with Gasteiger partial charge in [-0.3, -0.25) is 4.79 Å². The lowest BCUT2D eigenvalue weighted by Crippen LogP contribution is -2.13. The molecule has 33 heavy (non-hydrogen) atoms. The van der Waals surface area contributed by atoms with E-state index in [-0.39, 0.29) is 12.2 Å². The molecule has 6 nitrogen and oxygen atoms in total. The Morgan fingerprint density at radius 1 is 1.03 bits per heavy atom. The van der Waals surface area contributed by atoms with Crippen LogP contribution in [0.4, 0.5) is 5.69 Å². The maximum Gasteiger partial charge on any atom is 0.338 e. The lowest BCUT2D eigenvalue weighted by atomic mass is 10.1. The van der Waals surface area contributed by atoms with E-state index < -0.39 is 11.9 Å². The summed E-state index contributed by atoms with van der Waals surface area (Å²) < 4.78 is 12.0. The van der Waals surface area contributed by atoms with Gasteiger partial charge >= 0.3 is 5.97 Å². The van der Waals surface area contributed by atoms with E-state index in [1.54, 1.807) is 43.3 Å². The fourth-order valence-electron chi connectivity index (χ4n) is 2.88. The highest BCUT2D eigenvalue weighted by molar-refractivity contribution is 14.1. The third kappa shape index (κ3) is 6.92. The Morgan fingerprint density at radius 3 is 2.39 bits per heavy atom. The molecule has 0 unspecified atom stereocenters. The van der Waals surface area contributed by atoms with Gasteiger partial charge in [0.05, 0.1) is 12.2 Å². The fraction of sp³-hybridized carbons (Fsp3) is 0.115. The van der Waals surface area contributed by atoms with Crippen molar-refractivity contribution in [3.63, 3.8) is 0 Å². The molecule has 1 N–H and O–H groups in total. The molecule has 0 aliphatic heterocycles. The Kier molecular flexibility index (Phi) is 8.61. The van der Waals surface area contributed by atoms with Crippen molar-refractivity contribution in [1.82, 2.24) is 0 Å². The fourth-order valence-corrected chi connectivity index (χ4v) is 3.24. The summed E-state index contributed by atoms with van der Waals surface area (Å²) in [7, 11) is 0. The normalized spacial score (nSPS) is 10.8. The molecule has 0 saturated heterocycles. The van der Waals surface area contributed by atoms with E-state index in [9.17, 15) is 14.9 Å². The van der Waals surface area contributed by atoms with Gasteiger partial charge < -0.3 is 14.8 Å². The number of benzene rings is 3. The molecule has 0 saturated carbocycles. The van der Waals surface area contributed by atoms with E-state index in [1.165, 1.54) is 6.08 Å². The largest absolute Gasteiger partial charge is 0.488 e. The van der Waals surface area contributed by atoms with Crippen LogP contribution in [0.15, 0.2) is 78.4 Å². The van der Waals surface area contributed by atoms with Gasteiger partial charge in [0.25, 0.3) is 5.91 Å². The van der Waals surface area contributed by atoms with Crippen LogP contribution < -0.4 is 10.1 Å². The SMILES string of the molecule is CCOC(=O)c1ccc(NC(=O)/C(C#N)=C/c2ccccc2OCc2ccc(I)cc2)cc1. The molecule has 0 aliphatic carbocycles. The van der Waals surface area contributed by atoms with E-state index in [2.05, 4.69) is 27.9 Å². The number of nitriles is 1. The predicted octanol–water partition coefficient (Wildman–Crippen LogP) is 5.59. The molecule has 0 spiro atoms. The molecule has 0 bridgehead atoms. The molecule has 0 aliphatic rings. The first-order valence-corrected chi connectivity index (χ1v) is 11.2. The minimum Gasteiger partial charge on any atom is -0.488 e. The third-order valence-electron chi connectivity index (χ3n) is 4.55. The second-order valence-corrected chi connectivity index (χ2v) is 8.12. The molecule has 0 atom stereocenters. The van der Waals surface area contributed by atoms with Gasteiger partial charge in [0.2, 0.25) is 0 Å². The Balaban J connectivity index is 1.72. The summed E-state index contributed by atoms with van der Waals surface area (Å²) >= 11 is 2.24. The molecule has 166 valence electrons. The quantitative estimate of drug-likeness (QED) is 0.170. The van der Waals surface area contributed by atoms with Crippen LogP contribution in [0.5, 0.6) is 5.75 Å². The minimum absolute atomic E-state index is 0.0743. The number of rotatable bonds is 8. The Morgan fingerprint density at radius 2 is 1.73 bits per heavy atom. The number of nitrogens with zero attached hydrogens (tertiary/aromatic N) is 1. The summed E-state index contributed by atoms with van der Waals surface area (Å²) in [6.07, 6.45) is 1.49. The predicted molar refractivity (Wildman–Crippen MR) is 135 cm³/mol. The van der Waals surface area contributed by atoms with Gasteiger partial charge in [-0.2, -0.15) is 5.26 Å². The molecule has 0 heterocycles. The summed E-state index contributed by atoms with van der Waals surface area (Å²) in [5.41, 5.74) is 2.39. The van der Waals surface area contributed by atoms with E-state index in [1.807, 2.05) is 42.5 Å². The number of carbonyl (C=O) groups excluding carboxylic acids is 2. The lowest BCUT2D eigenvalue weighted by molar-refractivity contribution is -0.112. The van der Waals surface area contributed by atoms with E-state index in [0.29, 0.717) is 29.2 Å². The van der Waals surface area contributed by atoms with Gasteiger partial charge in [-0.1, -0.05) is 30.3 Å². The molecular formula is C26H21IN2O4. The van der Waals surface area contributed by atoms with Crippen molar-refractivity contribution in [3.05, 3.63) is 98.6 Å². The third-order valence-corrected chi connectivity index (χ3v) is 5.26. The van der Waals surface area contributed by atoms with Crippen LogP contribution in [0.3, 0.4) is 0 Å². The Bertz CT molecular complexity index is 1200. The molecule has 3 aromatic carbocycles. The van der Waals surface area contributed by atoms with Crippen LogP contribution in [-0.4, -0.2) is 18.5 Å². The number of nitrogens with one attached hydrogen (secondary N) is 1. The number of esters is 1. The van der Waals surface area contributed by atoms with Crippen molar-refractivity contribution in [2.45, 2.75) is 13.5 Å².